The summed E-state index contributed by atoms with van der Waals surface area (Å²) in [6.07, 6.45) is 3.97. The van der Waals surface area contributed by atoms with E-state index < -0.39 is 5.67 Å². The van der Waals surface area contributed by atoms with Crippen LogP contribution in [0.1, 0.15) is 32.3 Å². The van der Waals surface area contributed by atoms with Crippen molar-refractivity contribution >= 4 is 0 Å². The molecule has 0 aromatic carbocycles. The lowest BCUT2D eigenvalue weighted by Gasteiger charge is -2.39. The van der Waals surface area contributed by atoms with Gasteiger partial charge in [-0.3, -0.25) is 4.98 Å². The number of halogens is 1. The van der Waals surface area contributed by atoms with E-state index in [-0.39, 0.29) is 12.1 Å². The molecule has 1 fully saturated rings. The van der Waals surface area contributed by atoms with Gasteiger partial charge in [0.05, 0.1) is 12.3 Å². The molecule has 1 aromatic heterocycles. The van der Waals surface area contributed by atoms with Crippen molar-refractivity contribution in [2.45, 2.75) is 44.5 Å². The Morgan fingerprint density at radius 3 is 2.75 bits per heavy atom. The van der Waals surface area contributed by atoms with Gasteiger partial charge in [0, 0.05) is 30.6 Å². The van der Waals surface area contributed by atoms with Crippen LogP contribution in [0.25, 0.3) is 0 Å². The fourth-order valence-corrected chi connectivity index (χ4v) is 2.01. The molecule has 0 spiro atoms. The van der Waals surface area contributed by atoms with Gasteiger partial charge in [0.1, 0.15) is 11.4 Å². The molecule has 1 heterocycles. The Kier molecular flexibility index (Phi) is 2.84. The van der Waals surface area contributed by atoms with Crippen LogP contribution in [0.2, 0.25) is 0 Å². The first kappa shape index (κ1) is 11.3. The summed E-state index contributed by atoms with van der Waals surface area (Å²) in [5.74, 6) is 0.616. The zero-order valence-corrected chi connectivity index (χ0v) is 9.61. The maximum atomic E-state index is 14.2. The zero-order valence-electron chi connectivity index (χ0n) is 9.61. The molecule has 16 heavy (non-hydrogen) atoms. The molecule has 0 radical (unpaired) electrons. The van der Waals surface area contributed by atoms with Crippen molar-refractivity contribution in [3.8, 4) is 5.75 Å². The smallest absolute Gasteiger partial charge is 0.140 e. The third-order valence-electron chi connectivity index (χ3n) is 2.77. The van der Waals surface area contributed by atoms with Gasteiger partial charge < -0.3 is 10.5 Å². The molecule has 0 amide bonds. The first-order valence-corrected chi connectivity index (χ1v) is 5.56. The number of pyridine rings is 1. The normalized spacial score (nSPS) is 28.9. The van der Waals surface area contributed by atoms with Crippen LogP contribution in [0.15, 0.2) is 18.5 Å². The topological polar surface area (TPSA) is 48.1 Å². The minimum atomic E-state index is -1.30. The average molecular weight is 224 g/mol. The number of hydrogen-bond acceptors (Lipinski definition) is 3. The van der Waals surface area contributed by atoms with Crippen LogP contribution in [-0.2, 0) is 5.67 Å². The molecule has 88 valence electrons. The molecule has 2 N–H and O–H groups in total. The van der Waals surface area contributed by atoms with Crippen molar-refractivity contribution in [1.29, 1.82) is 0 Å². The van der Waals surface area contributed by atoms with Gasteiger partial charge >= 0.3 is 0 Å². The molecular formula is C12H17FN2O. The number of ether oxygens (including phenoxy) is 1. The minimum Gasteiger partial charge on any atom is -0.489 e. The fourth-order valence-electron chi connectivity index (χ4n) is 2.01. The third-order valence-corrected chi connectivity index (χ3v) is 2.77. The molecule has 1 aromatic rings. The summed E-state index contributed by atoms with van der Waals surface area (Å²) in [6.45, 7) is 3.86. The van der Waals surface area contributed by atoms with E-state index in [0.717, 1.165) is 0 Å². The minimum absolute atomic E-state index is 0.0281. The first-order valence-electron chi connectivity index (χ1n) is 5.56. The van der Waals surface area contributed by atoms with Crippen LogP contribution in [0.3, 0.4) is 0 Å². The van der Waals surface area contributed by atoms with Gasteiger partial charge in [0.2, 0.25) is 0 Å². The fraction of sp³-hybridized carbons (Fsp3) is 0.583. The van der Waals surface area contributed by atoms with E-state index in [2.05, 4.69) is 4.98 Å². The third kappa shape index (κ3) is 2.16. The number of nitrogens with zero attached hydrogens (tertiary/aromatic N) is 1. The standard InChI is InChI=1S/C12H17FN2O/c1-8(2)16-11-3-9(6-15-7-11)12(13)4-10(14)5-12/h3,6-8,10H,4-5,14H2,1-2H3. The molecule has 0 atom stereocenters. The molecular weight excluding hydrogens is 207 g/mol. The maximum Gasteiger partial charge on any atom is 0.140 e. The highest BCUT2D eigenvalue weighted by Crippen LogP contribution is 2.44. The first-order chi connectivity index (χ1) is 7.49. The lowest BCUT2D eigenvalue weighted by Crippen LogP contribution is -2.46. The van der Waals surface area contributed by atoms with E-state index in [1.807, 2.05) is 13.8 Å². The zero-order chi connectivity index (χ0) is 11.8. The molecule has 2 rings (SSSR count). The number of rotatable bonds is 3. The number of aromatic nitrogens is 1. The Balaban J connectivity index is 2.16. The number of hydrogen-bond donors (Lipinski definition) is 1. The van der Waals surface area contributed by atoms with Gasteiger partial charge in [-0.1, -0.05) is 0 Å². The van der Waals surface area contributed by atoms with Gasteiger partial charge in [-0.25, -0.2) is 4.39 Å². The summed E-state index contributed by atoms with van der Waals surface area (Å²) < 4.78 is 19.7. The van der Waals surface area contributed by atoms with Crippen molar-refractivity contribution < 1.29 is 9.13 Å². The highest BCUT2D eigenvalue weighted by molar-refractivity contribution is 5.30. The molecule has 1 aliphatic carbocycles. The summed E-state index contributed by atoms with van der Waals surface area (Å²) >= 11 is 0. The van der Waals surface area contributed by atoms with Gasteiger partial charge in [0.15, 0.2) is 0 Å². The molecule has 1 saturated carbocycles. The Bertz CT molecular complexity index is 375. The number of nitrogens with two attached hydrogens (primary N) is 1. The molecule has 0 bridgehead atoms. The Morgan fingerprint density at radius 2 is 2.19 bits per heavy atom. The van der Waals surface area contributed by atoms with E-state index in [1.165, 1.54) is 0 Å². The second-order valence-corrected chi connectivity index (χ2v) is 4.71. The van der Waals surface area contributed by atoms with Gasteiger partial charge in [-0.15, -0.1) is 0 Å². The second kappa shape index (κ2) is 4.01. The predicted octanol–water partition coefficient (Wildman–Crippen LogP) is 2.15. The van der Waals surface area contributed by atoms with Crippen LogP contribution in [-0.4, -0.2) is 17.1 Å². The molecule has 1 aliphatic rings. The van der Waals surface area contributed by atoms with Crippen LogP contribution in [0.4, 0.5) is 4.39 Å². The summed E-state index contributed by atoms with van der Waals surface area (Å²) in [5, 5.41) is 0. The summed E-state index contributed by atoms with van der Waals surface area (Å²) in [7, 11) is 0. The monoisotopic (exact) mass is 224 g/mol. The maximum absolute atomic E-state index is 14.2. The second-order valence-electron chi connectivity index (χ2n) is 4.71. The van der Waals surface area contributed by atoms with Crippen molar-refractivity contribution in [3.63, 3.8) is 0 Å². The average Bonchev–Trinajstić information content (AvgIpc) is 2.15. The van der Waals surface area contributed by atoms with Crippen LogP contribution in [0.5, 0.6) is 5.75 Å². The van der Waals surface area contributed by atoms with E-state index in [1.54, 1.807) is 18.5 Å². The quantitative estimate of drug-likeness (QED) is 0.855. The van der Waals surface area contributed by atoms with Crippen molar-refractivity contribution in [3.05, 3.63) is 24.0 Å². The predicted molar refractivity (Wildman–Crippen MR) is 60.0 cm³/mol. The van der Waals surface area contributed by atoms with Crippen LogP contribution >= 0.6 is 0 Å². The Labute approximate surface area is 94.8 Å². The summed E-state index contributed by atoms with van der Waals surface area (Å²) in [6, 6.07) is 1.69. The lowest BCUT2D eigenvalue weighted by atomic mass is 9.74. The van der Waals surface area contributed by atoms with E-state index >= 15 is 0 Å². The lowest BCUT2D eigenvalue weighted by molar-refractivity contribution is 0.0398. The van der Waals surface area contributed by atoms with Gasteiger partial charge in [-0.05, 0) is 19.9 Å². The largest absolute Gasteiger partial charge is 0.489 e. The molecule has 0 unspecified atom stereocenters. The summed E-state index contributed by atoms with van der Waals surface area (Å²) in [5.41, 5.74) is 4.89. The highest BCUT2D eigenvalue weighted by atomic mass is 19.1. The van der Waals surface area contributed by atoms with Crippen molar-refractivity contribution in [2.24, 2.45) is 5.73 Å². The highest BCUT2D eigenvalue weighted by Gasteiger charge is 2.44. The molecule has 4 heteroatoms. The molecule has 0 aliphatic heterocycles. The Morgan fingerprint density at radius 1 is 1.50 bits per heavy atom. The molecule has 3 nitrogen and oxygen atoms in total. The Hall–Kier alpha value is -1.16. The van der Waals surface area contributed by atoms with Crippen LogP contribution in [0, 0.1) is 0 Å². The van der Waals surface area contributed by atoms with Crippen LogP contribution < -0.4 is 10.5 Å². The van der Waals surface area contributed by atoms with Crippen molar-refractivity contribution in [2.75, 3.05) is 0 Å². The van der Waals surface area contributed by atoms with Gasteiger partial charge in [0.25, 0.3) is 0 Å². The van der Waals surface area contributed by atoms with E-state index in [9.17, 15) is 4.39 Å². The van der Waals surface area contributed by atoms with Crippen molar-refractivity contribution in [1.82, 2.24) is 4.98 Å². The van der Waals surface area contributed by atoms with E-state index in [4.69, 9.17) is 10.5 Å². The van der Waals surface area contributed by atoms with E-state index in [0.29, 0.717) is 24.2 Å². The number of alkyl halides is 1. The molecule has 0 saturated heterocycles. The SMILES string of the molecule is CC(C)Oc1cncc(C2(F)CC(N)C2)c1. The van der Waals surface area contributed by atoms with Gasteiger partial charge in [-0.2, -0.15) is 0 Å². The summed E-state index contributed by atoms with van der Waals surface area (Å²) in [4.78, 5) is 4.01.